The lowest BCUT2D eigenvalue weighted by Gasteiger charge is -2.18. The molecule has 0 saturated heterocycles. The fourth-order valence-corrected chi connectivity index (χ4v) is 3.48. The van der Waals surface area contributed by atoms with Crippen molar-refractivity contribution in [2.45, 2.75) is 25.8 Å². The van der Waals surface area contributed by atoms with Crippen molar-refractivity contribution in [3.8, 4) is 11.3 Å². The van der Waals surface area contributed by atoms with Crippen LogP contribution in [0.3, 0.4) is 0 Å². The summed E-state index contributed by atoms with van der Waals surface area (Å²) in [6.07, 6.45) is 1.00. The van der Waals surface area contributed by atoms with Gasteiger partial charge >= 0.3 is 0 Å². The fourth-order valence-electron chi connectivity index (χ4n) is 3.48. The SMILES string of the molecule is Cc1ccc(-c2ccc3c(c2)CNCCC3c2ccc(F)cc2)nn1. The molecule has 1 aliphatic heterocycles. The lowest BCUT2D eigenvalue weighted by molar-refractivity contribution is 0.622. The number of rotatable bonds is 2. The molecule has 0 bridgehead atoms. The van der Waals surface area contributed by atoms with Gasteiger partial charge in [0, 0.05) is 18.0 Å². The van der Waals surface area contributed by atoms with Crippen molar-refractivity contribution >= 4 is 0 Å². The van der Waals surface area contributed by atoms with Gasteiger partial charge in [-0.3, -0.25) is 0 Å². The smallest absolute Gasteiger partial charge is 0.123 e. The van der Waals surface area contributed by atoms with E-state index in [0.717, 1.165) is 42.0 Å². The van der Waals surface area contributed by atoms with Crippen molar-refractivity contribution in [3.05, 3.63) is 82.8 Å². The maximum Gasteiger partial charge on any atom is 0.123 e. The van der Waals surface area contributed by atoms with Crippen LogP contribution in [0.2, 0.25) is 0 Å². The summed E-state index contributed by atoms with van der Waals surface area (Å²) >= 11 is 0. The first-order valence-corrected chi connectivity index (χ1v) is 8.60. The second-order valence-electron chi connectivity index (χ2n) is 6.54. The summed E-state index contributed by atoms with van der Waals surface area (Å²) in [6, 6.07) is 17.4. The zero-order valence-electron chi connectivity index (χ0n) is 14.2. The van der Waals surface area contributed by atoms with E-state index in [9.17, 15) is 4.39 Å². The number of aryl methyl sites for hydroxylation is 1. The molecule has 126 valence electrons. The van der Waals surface area contributed by atoms with Gasteiger partial charge in [0.25, 0.3) is 0 Å². The molecule has 1 aromatic heterocycles. The van der Waals surface area contributed by atoms with E-state index in [4.69, 9.17) is 0 Å². The molecule has 1 N–H and O–H groups in total. The van der Waals surface area contributed by atoms with Crippen LogP contribution in [-0.4, -0.2) is 16.7 Å². The van der Waals surface area contributed by atoms with Crippen molar-refractivity contribution in [2.24, 2.45) is 0 Å². The lowest BCUT2D eigenvalue weighted by Crippen LogP contribution is -2.12. The average molecular weight is 333 g/mol. The third-order valence-corrected chi connectivity index (χ3v) is 4.81. The number of aromatic nitrogens is 2. The average Bonchev–Trinajstić information content (AvgIpc) is 2.85. The minimum atomic E-state index is -0.191. The monoisotopic (exact) mass is 333 g/mol. The van der Waals surface area contributed by atoms with Crippen molar-refractivity contribution < 1.29 is 4.39 Å². The molecule has 0 aliphatic carbocycles. The third-order valence-electron chi connectivity index (χ3n) is 4.81. The largest absolute Gasteiger partial charge is 0.313 e. The minimum absolute atomic E-state index is 0.191. The first-order chi connectivity index (χ1) is 12.2. The van der Waals surface area contributed by atoms with Crippen LogP contribution >= 0.6 is 0 Å². The minimum Gasteiger partial charge on any atom is -0.313 e. The Hall–Kier alpha value is -2.59. The van der Waals surface area contributed by atoms with Gasteiger partial charge in [0.15, 0.2) is 0 Å². The van der Waals surface area contributed by atoms with Crippen LogP contribution < -0.4 is 5.32 Å². The van der Waals surface area contributed by atoms with E-state index in [1.165, 1.54) is 11.1 Å². The van der Waals surface area contributed by atoms with Crippen molar-refractivity contribution in [1.82, 2.24) is 15.5 Å². The number of nitrogens with zero attached hydrogens (tertiary/aromatic N) is 2. The van der Waals surface area contributed by atoms with Crippen molar-refractivity contribution in [2.75, 3.05) is 6.54 Å². The molecule has 2 heterocycles. The van der Waals surface area contributed by atoms with E-state index in [0.29, 0.717) is 0 Å². The summed E-state index contributed by atoms with van der Waals surface area (Å²) in [5.74, 6) is 0.0905. The van der Waals surface area contributed by atoms with Gasteiger partial charge in [0.2, 0.25) is 0 Å². The van der Waals surface area contributed by atoms with E-state index >= 15 is 0 Å². The molecule has 0 spiro atoms. The predicted molar refractivity (Wildman–Crippen MR) is 96.8 cm³/mol. The molecule has 3 aromatic rings. The Morgan fingerprint density at radius 1 is 1.00 bits per heavy atom. The zero-order valence-corrected chi connectivity index (χ0v) is 14.2. The first-order valence-electron chi connectivity index (χ1n) is 8.60. The maximum atomic E-state index is 13.3. The molecule has 3 nitrogen and oxygen atoms in total. The Labute approximate surface area is 146 Å². The molecule has 0 amide bonds. The topological polar surface area (TPSA) is 37.8 Å². The second-order valence-corrected chi connectivity index (χ2v) is 6.54. The van der Waals surface area contributed by atoms with E-state index in [-0.39, 0.29) is 11.7 Å². The standard InChI is InChI=1S/C21H20FN3/c1-14-2-9-21(25-24-14)16-5-8-19-17(12-16)13-23-11-10-20(19)15-3-6-18(22)7-4-15/h2-9,12,20,23H,10-11,13H2,1H3. The van der Waals surface area contributed by atoms with Gasteiger partial charge in [-0.25, -0.2) is 4.39 Å². The summed E-state index contributed by atoms with van der Waals surface area (Å²) in [6.45, 7) is 3.71. The predicted octanol–water partition coefficient (Wildman–Crippen LogP) is 4.22. The second kappa shape index (κ2) is 6.73. The molecule has 25 heavy (non-hydrogen) atoms. The van der Waals surface area contributed by atoms with Gasteiger partial charge in [-0.05, 0) is 66.9 Å². The summed E-state index contributed by atoms with van der Waals surface area (Å²) in [7, 11) is 0. The molecule has 0 radical (unpaired) electrons. The number of hydrogen-bond acceptors (Lipinski definition) is 3. The van der Waals surface area contributed by atoms with E-state index in [2.05, 4.69) is 33.7 Å². The summed E-state index contributed by atoms with van der Waals surface area (Å²) in [5.41, 5.74) is 6.61. The highest BCUT2D eigenvalue weighted by atomic mass is 19.1. The molecule has 1 aliphatic rings. The molecule has 4 heteroatoms. The molecule has 4 rings (SSSR count). The van der Waals surface area contributed by atoms with Crippen LogP contribution in [0.1, 0.15) is 34.7 Å². The van der Waals surface area contributed by atoms with E-state index in [1.807, 2.05) is 31.2 Å². The molecular weight excluding hydrogens is 313 g/mol. The number of halogens is 1. The Balaban J connectivity index is 1.74. The van der Waals surface area contributed by atoms with Crippen LogP contribution in [-0.2, 0) is 6.54 Å². The van der Waals surface area contributed by atoms with Crippen LogP contribution in [0.5, 0.6) is 0 Å². The number of fused-ring (bicyclic) bond motifs is 1. The highest BCUT2D eigenvalue weighted by molar-refractivity contribution is 5.61. The van der Waals surface area contributed by atoms with Crippen LogP contribution in [0, 0.1) is 12.7 Å². The summed E-state index contributed by atoms with van der Waals surface area (Å²) in [5, 5.41) is 11.9. The van der Waals surface area contributed by atoms with Gasteiger partial charge in [-0.15, -0.1) is 0 Å². The molecular formula is C21H20FN3. The summed E-state index contributed by atoms with van der Waals surface area (Å²) < 4.78 is 13.3. The highest BCUT2D eigenvalue weighted by Crippen LogP contribution is 2.34. The first kappa shape index (κ1) is 15.9. The maximum absolute atomic E-state index is 13.3. The molecule has 0 fully saturated rings. The van der Waals surface area contributed by atoms with Gasteiger partial charge < -0.3 is 5.32 Å². The lowest BCUT2D eigenvalue weighted by atomic mass is 9.86. The molecule has 0 saturated carbocycles. The molecule has 2 aromatic carbocycles. The Kier molecular flexibility index (Phi) is 4.28. The van der Waals surface area contributed by atoms with Crippen molar-refractivity contribution in [1.29, 1.82) is 0 Å². The van der Waals surface area contributed by atoms with Crippen LogP contribution in [0.4, 0.5) is 4.39 Å². The number of nitrogens with one attached hydrogen (secondary N) is 1. The van der Waals surface area contributed by atoms with E-state index in [1.54, 1.807) is 12.1 Å². The quantitative estimate of drug-likeness (QED) is 0.763. The van der Waals surface area contributed by atoms with Gasteiger partial charge in [0.1, 0.15) is 5.82 Å². The molecule has 1 unspecified atom stereocenters. The molecule has 1 atom stereocenters. The zero-order chi connectivity index (χ0) is 17.2. The van der Waals surface area contributed by atoms with Crippen molar-refractivity contribution in [3.63, 3.8) is 0 Å². The Morgan fingerprint density at radius 2 is 1.84 bits per heavy atom. The Morgan fingerprint density at radius 3 is 2.60 bits per heavy atom. The van der Waals surface area contributed by atoms with Crippen LogP contribution in [0.15, 0.2) is 54.6 Å². The number of hydrogen-bond donors (Lipinski definition) is 1. The normalized spacial score (nSPS) is 17.0. The fraction of sp³-hybridized carbons (Fsp3) is 0.238. The summed E-state index contributed by atoms with van der Waals surface area (Å²) in [4.78, 5) is 0. The van der Waals surface area contributed by atoms with Crippen LogP contribution in [0.25, 0.3) is 11.3 Å². The van der Waals surface area contributed by atoms with Gasteiger partial charge in [-0.2, -0.15) is 10.2 Å². The number of benzene rings is 2. The highest BCUT2D eigenvalue weighted by Gasteiger charge is 2.21. The van der Waals surface area contributed by atoms with Gasteiger partial charge in [-0.1, -0.05) is 24.3 Å². The van der Waals surface area contributed by atoms with Gasteiger partial charge in [0.05, 0.1) is 11.4 Å². The van der Waals surface area contributed by atoms with E-state index < -0.39 is 0 Å². The third kappa shape index (κ3) is 3.30. The Bertz CT molecular complexity index is 873.